The fourth-order valence-corrected chi connectivity index (χ4v) is 2.70. The molecule has 2 rings (SSSR count). The molecule has 0 radical (unpaired) electrons. The lowest BCUT2D eigenvalue weighted by Crippen LogP contribution is -2.42. The van der Waals surface area contributed by atoms with E-state index in [0.29, 0.717) is 6.04 Å². The van der Waals surface area contributed by atoms with Crippen LogP contribution in [0.4, 0.5) is 5.69 Å². The number of thioether (sulfide) groups is 1. The summed E-state index contributed by atoms with van der Waals surface area (Å²) in [5, 5.41) is 6.18. The molecule has 1 saturated heterocycles. The van der Waals surface area contributed by atoms with Gasteiger partial charge < -0.3 is 15.4 Å². The molecule has 5 heteroatoms. The Labute approximate surface area is 111 Å². The van der Waals surface area contributed by atoms with Gasteiger partial charge in [0, 0.05) is 35.8 Å². The number of anilines is 1. The van der Waals surface area contributed by atoms with Crippen LogP contribution in [0.1, 0.15) is 6.92 Å². The van der Waals surface area contributed by atoms with E-state index in [0.717, 1.165) is 31.2 Å². The molecule has 2 N–H and O–H groups in total. The van der Waals surface area contributed by atoms with E-state index in [1.54, 1.807) is 11.8 Å². The molecule has 0 bridgehead atoms. The number of carbonyl (C=O) groups excluding carboxylic acids is 1. The molecule has 0 aliphatic carbocycles. The van der Waals surface area contributed by atoms with Gasteiger partial charge in [0.15, 0.2) is 0 Å². The highest BCUT2D eigenvalue weighted by Gasteiger charge is 2.12. The predicted molar refractivity (Wildman–Crippen MR) is 74.1 cm³/mol. The molecule has 0 aromatic heterocycles. The SMILES string of the molecule is CC(=O)Nc1ccc(SCC2COCCN2)cc1. The van der Waals surface area contributed by atoms with Gasteiger partial charge in [-0.15, -0.1) is 11.8 Å². The zero-order valence-corrected chi connectivity index (χ0v) is 11.3. The van der Waals surface area contributed by atoms with Crippen LogP contribution in [0.3, 0.4) is 0 Å². The molecule has 1 aromatic rings. The van der Waals surface area contributed by atoms with Crippen molar-refractivity contribution in [2.75, 3.05) is 30.8 Å². The first-order chi connectivity index (χ1) is 8.74. The molecule has 1 fully saturated rings. The molecule has 1 unspecified atom stereocenters. The molecule has 0 saturated carbocycles. The fraction of sp³-hybridized carbons (Fsp3) is 0.462. The number of rotatable bonds is 4. The second kappa shape index (κ2) is 6.78. The smallest absolute Gasteiger partial charge is 0.221 e. The van der Waals surface area contributed by atoms with Crippen LogP contribution in [0.5, 0.6) is 0 Å². The molecule has 1 heterocycles. The Bertz CT molecular complexity index is 388. The van der Waals surface area contributed by atoms with Gasteiger partial charge in [0.05, 0.1) is 13.2 Å². The van der Waals surface area contributed by atoms with Crippen molar-refractivity contribution in [3.63, 3.8) is 0 Å². The molecule has 1 aromatic carbocycles. The second-order valence-electron chi connectivity index (χ2n) is 4.24. The molecule has 98 valence electrons. The maximum atomic E-state index is 10.9. The van der Waals surface area contributed by atoms with Crippen molar-refractivity contribution in [1.29, 1.82) is 0 Å². The van der Waals surface area contributed by atoms with E-state index in [9.17, 15) is 4.79 Å². The molecule has 0 spiro atoms. The maximum absolute atomic E-state index is 10.9. The molecule has 1 aliphatic rings. The normalized spacial score (nSPS) is 19.5. The van der Waals surface area contributed by atoms with Gasteiger partial charge in [0.1, 0.15) is 0 Å². The lowest BCUT2D eigenvalue weighted by molar-refractivity contribution is -0.114. The third-order valence-electron chi connectivity index (χ3n) is 2.62. The van der Waals surface area contributed by atoms with Gasteiger partial charge in [-0.3, -0.25) is 4.79 Å². The first-order valence-electron chi connectivity index (χ1n) is 6.05. The molecule has 1 amide bonds. The largest absolute Gasteiger partial charge is 0.378 e. The zero-order valence-electron chi connectivity index (χ0n) is 10.4. The number of nitrogens with one attached hydrogen (secondary N) is 2. The lowest BCUT2D eigenvalue weighted by Gasteiger charge is -2.23. The summed E-state index contributed by atoms with van der Waals surface area (Å²) < 4.78 is 5.41. The first-order valence-corrected chi connectivity index (χ1v) is 7.04. The van der Waals surface area contributed by atoms with E-state index in [4.69, 9.17) is 4.74 Å². The molecule has 4 nitrogen and oxygen atoms in total. The van der Waals surface area contributed by atoms with E-state index >= 15 is 0 Å². The molecular formula is C13H18N2O2S. The Morgan fingerprint density at radius 1 is 1.50 bits per heavy atom. The Hall–Kier alpha value is -1.04. The Kier molecular flexibility index (Phi) is 5.04. The molecule has 1 atom stereocenters. The van der Waals surface area contributed by atoms with Crippen LogP contribution in [0.25, 0.3) is 0 Å². The summed E-state index contributed by atoms with van der Waals surface area (Å²) in [4.78, 5) is 12.1. The molecule has 18 heavy (non-hydrogen) atoms. The van der Waals surface area contributed by atoms with Gasteiger partial charge in [0.25, 0.3) is 0 Å². The minimum absolute atomic E-state index is 0.0426. The summed E-state index contributed by atoms with van der Waals surface area (Å²) in [7, 11) is 0. The number of carbonyl (C=O) groups is 1. The third-order valence-corrected chi connectivity index (χ3v) is 3.80. The third kappa shape index (κ3) is 4.33. The number of morpholine rings is 1. The van der Waals surface area contributed by atoms with Crippen molar-refractivity contribution in [3.05, 3.63) is 24.3 Å². The highest BCUT2D eigenvalue weighted by molar-refractivity contribution is 7.99. The van der Waals surface area contributed by atoms with E-state index < -0.39 is 0 Å². The number of hydrogen-bond donors (Lipinski definition) is 2. The van der Waals surface area contributed by atoms with E-state index in [2.05, 4.69) is 10.6 Å². The van der Waals surface area contributed by atoms with Gasteiger partial charge in [-0.05, 0) is 24.3 Å². The van der Waals surface area contributed by atoms with Crippen molar-refractivity contribution >= 4 is 23.4 Å². The fourth-order valence-electron chi connectivity index (χ4n) is 1.76. The van der Waals surface area contributed by atoms with Crippen LogP contribution in [-0.2, 0) is 9.53 Å². The Morgan fingerprint density at radius 2 is 2.28 bits per heavy atom. The van der Waals surface area contributed by atoms with Crippen LogP contribution in [-0.4, -0.2) is 37.5 Å². The number of amides is 1. The highest BCUT2D eigenvalue weighted by Crippen LogP contribution is 2.21. The van der Waals surface area contributed by atoms with Gasteiger partial charge in [-0.1, -0.05) is 0 Å². The standard InChI is InChI=1S/C13H18N2O2S/c1-10(16)15-11-2-4-13(5-3-11)18-9-12-8-17-7-6-14-12/h2-5,12,14H,6-9H2,1H3,(H,15,16). The van der Waals surface area contributed by atoms with E-state index in [1.807, 2.05) is 24.3 Å². The van der Waals surface area contributed by atoms with Crippen molar-refractivity contribution < 1.29 is 9.53 Å². The summed E-state index contributed by atoms with van der Waals surface area (Å²) in [6, 6.07) is 8.33. The van der Waals surface area contributed by atoms with E-state index in [-0.39, 0.29) is 5.91 Å². The van der Waals surface area contributed by atoms with Crippen LogP contribution < -0.4 is 10.6 Å². The van der Waals surface area contributed by atoms with Gasteiger partial charge >= 0.3 is 0 Å². The predicted octanol–water partition coefficient (Wildman–Crippen LogP) is 1.73. The van der Waals surface area contributed by atoms with Gasteiger partial charge in [-0.25, -0.2) is 0 Å². The average Bonchev–Trinajstić information content (AvgIpc) is 2.38. The second-order valence-corrected chi connectivity index (χ2v) is 5.34. The van der Waals surface area contributed by atoms with Crippen molar-refractivity contribution in [1.82, 2.24) is 5.32 Å². The minimum Gasteiger partial charge on any atom is -0.378 e. The van der Waals surface area contributed by atoms with Crippen molar-refractivity contribution in [2.45, 2.75) is 17.9 Å². The maximum Gasteiger partial charge on any atom is 0.221 e. The summed E-state index contributed by atoms with van der Waals surface area (Å²) in [5.41, 5.74) is 0.839. The van der Waals surface area contributed by atoms with Crippen LogP contribution in [0, 0.1) is 0 Å². The van der Waals surface area contributed by atoms with Gasteiger partial charge in [0.2, 0.25) is 5.91 Å². The van der Waals surface area contributed by atoms with Crippen LogP contribution >= 0.6 is 11.8 Å². The topological polar surface area (TPSA) is 50.4 Å². The molecular weight excluding hydrogens is 248 g/mol. The number of ether oxygens (including phenoxy) is 1. The summed E-state index contributed by atoms with van der Waals surface area (Å²) >= 11 is 1.80. The number of benzene rings is 1. The monoisotopic (exact) mass is 266 g/mol. The lowest BCUT2D eigenvalue weighted by atomic mass is 10.3. The highest BCUT2D eigenvalue weighted by atomic mass is 32.2. The van der Waals surface area contributed by atoms with Crippen LogP contribution in [0.15, 0.2) is 29.2 Å². The van der Waals surface area contributed by atoms with Crippen LogP contribution in [0.2, 0.25) is 0 Å². The summed E-state index contributed by atoms with van der Waals surface area (Å²) in [6.07, 6.45) is 0. The van der Waals surface area contributed by atoms with Crippen molar-refractivity contribution in [2.24, 2.45) is 0 Å². The first kappa shape index (κ1) is 13.4. The average molecular weight is 266 g/mol. The summed E-state index contributed by atoms with van der Waals surface area (Å²) in [5.74, 6) is 0.957. The van der Waals surface area contributed by atoms with Gasteiger partial charge in [-0.2, -0.15) is 0 Å². The number of hydrogen-bond acceptors (Lipinski definition) is 4. The Morgan fingerprint density at radius 3 is 2.89 bits per heavy atom. The zero-order chi connectivity index (χ0) is 12.8. The Balaban J connectivity index is 1.80. The van der Waals surface area contributed by atoms with E-state index in [1.165, 1.54) is 11.8 Å². The summed E-state index contributed by atoms with van der Waals surface area (Å²) in [6.45, 7) is 4.05. The molecule has 1 aliphatic heterocycles. The van der Waals surface area contributed by atoms with Crippen molar-refractivity contribution in [3.8, 4) is 0 Å². The quantitative estimate of drug-likeness (QED) is 0.815. The minimum atomic E-state index is -0.0426.